The molecule has 1 aliphatic carbocycles. The Morgan fingerprint density at radius 2 is 1.69 bits per heavy atom. The van der Waals surface area contributed by atoms with Gasteiger partial charge in [0.25, 0.3) is 5.56 Å². The predicted molar refractivity (Wildman–Crippen MR) is 140 cm³/mol. The third kappa shape index (κ3) is 5.39. The van der Waals surface area contributed by atoms with Crippen molar-refractivity contribution in [1.82, 2.24) is 24.3 Å². The number of nitrogens with one attached hydrogen (secondary N) is 1. The minimum absolute atomic E-state index is 0.0422. The summed E-state index contributed by atoms with van der Waals surface area (Å²) in [6.45, 7) is 4.62. The number of hydrogen-bond acceptors (Lipinski definition) is 6. The molecule has 1 N–H and O–H groups in total. The molecule has 4 heterocycles. The van der Waals surface area contributed by atoms with E-state index >= 15 is 0 Å². The number of hydrogen-bond donors (Lipinski definition) is 1. The molecule has 5 rings (SSSR count). The van der Waals surface area contributed by atoms with Crippen LogP contribution in [0, 0.1) is 11.7 Å². The summed E-state index contributed by atoms with van der Waals surface area (Å²) in [6.07, 6.45) is 7.66. The lowest BCUT2D eigenvalue weighted by Crippen LogP contribution is -2.48. The lowest BCUT2D eigenvalue weighted by Gasteiger charge is -2.33. The van der Waals surface area contributed by atoms with Crippen molar-refractivity contribution in [3.8, 4) is 0 Å². The molecule has 1 saturated carbocycles. The van der Waals surface area contributed by atoms with E-state index in [9.17, 15) is 18.8 Å². The van der Waals surface area contributed by atoms with Crippen LogP contribution in [0.1, 0.15) is 70.4 Å². The SMILES string of the molecule is CC1CCN(CC(=O)NC2CCC(n3c(=O)c4cc(F)cnc4n(C4CCSCC4)c3=O)CC2)CC1. The molecule has 10 heteroatoms. The van der Waals surface area contributed by atoms with Crippen molar-refractivity contribution >= 4 is 28.7 Å². The summed E-state index contributed by atoms with van der Waals surface area (Å²) in [5.74, 6) is 2.09. The van der Waals surface area contributed by atoms with Crippen LogP contribution in [0.5, 0.6) is 0 Å². The number of likely N-dealkylation sites (tertiary alicyclic amines) is 1. The number of rotatable bonds is 5. The first kappa shape index (κ1) is 25.4. The Kier molecular flexibility index (Phi) is 7.81. The molecular weight excluding hydrogens is 481 g/mol. The Labute approximate surface area is 214 Å². The zero-order valence-electron chi connectivity index (χ0n) is 21.0. The molecule has 2 aromatic heterocycles. The van der Waals surface area contributed by atoms with Crippen molar-refractivity contribution in [3.63, 3.8) is 0 Å². The second-order valence-corrected chi connectivity index (χ2v) is 12.0. The van der Waals surface area contributed by atoms with E-state index in [-0.39, 0.29) is 40.8 Å². The molecule has 196 valence electrons. The maximum Gasteiger partial charge on any atom is 0.333 e. The summed E-state index contributed by atoms with van der Waals surface area (Å²) in [7, 11) is 0. The van der Waals surface area contributed by atoms with Crippen LogP contribution in [0.15, 0.2) is 21.9 Å². The summed E-state index contributed by atoms with van der Waals surface area (Å²) in [5.41, 5.74) is -0.516. The Balaban J connectivity index is 1.32. The Hall–Kier alpha value is -2.20. The van der Waals surface area contributed by atoms with Crippen molar-refractivity contribution in [3.05, 3.63) is 38.9 Å². The lowest BCUT2D eigenvalue weighted by molar-refractivity contribution is -0.123. The second kappa shape index (κ2) is 11.0. The average molecular weight is 518 g/mol. The number of pyridine rings is 1. The van der Waals surface area contributed by atoms with Gasteiger partial charge >= 0.3 is 5.69 Å². The third-order valence-electron chi connectivity index (χ3n) is 8.15. The fraction of sp³-hybridized carbons (Fsp3) is 0.692. The van der Waals surface area contributed by atoms with Gasteiger partial charge in [-0.25, -0.2) is 14.2 Å². The minimum atomic E-state index is -0.579. The van der Waals surface area contributed by atoms with Crippen LogP contribution >= 0.6 is 11.8 Å². The van der Waals surface area contributed by atoms with Gasteiger partial charge in [0.2, 0.25) is 5.91 Å². The van der Waals surface area contributed by atoms with E-state index in [1.54, 1.807) is 4.57 Å². The number of aromatic nitrogens is 3. The maximum atomic E-state index is 14.1. The maximum absolute atomic E-state index is 14.1. The summed E-state index contributed by atoms with van der Waals surface area (Å²) in [4.78, 5) is 46.1. The monoisotopic (exact) mass is 517 g/mol. The van der Waals surface area contributed by atoms with E-state index in [2.05, 4.69) is 22.1 Å². The van der Waals surface area contributed by atoms with Crippen molar-refractivity contribution in [2.75, 3.05) is 31.1 Å². The van der Waals surface area contributed by atoms with Crippen molar-refractivity contribution in [1.29, 1.82) is 0 Å². The number of piperidine rings is 1. The van der Waals surface area contributed by atoms with Crippen LogP contribution in [0.2, 0.25) is 0 Å². The molecule has 0 radical (unpaired) electrons. The molecule has 2 saturated heterocycles. The smallest absolute Gasteiger partial charge is 0.333 e. The summed E-state index contributed by atoms with van der Waals surface area (Å²) in [5, 5.41) is 3.33. The zero-order chi connectivity index (χ0) is 25.2. The standard InChI is InChI=1S/C26H36FN5O3S/c1-17-6-10-30(11-7-17)16-23(33)29-19-2-4-20(5-3-19)32-25(34)22-14-18(27)15-28-24(22)31(26(32)35)21-8-12-36-13-9-21/h14-15,17,19-21H,2-13,16H2,1H3,(H,29,33). The van der Waals surface area contributed by atoms with Crippen molar-refractivity contribution in [2.24, 2.45) is 5.92 Å². The van der Waals surface area contributed by atoms with E-state index in [0.717, 1.165) is 62.4 Å². The first-order chi connectivity index (χ1) is 17.4. The third-order valence-corrected chi connectivity index (χ3v) is 9.20. The van der Waals surface area contributed by atoms with Gasteiger partial charge < -0.3 is 5.32 Å². The Morgan fingerprint density at radius 3 is 2.39 bits per heavy atom. The molecule has 0 bridgehead atoms. The Morgan fingerprint density at radius 1 is 1.03 bits per heavy atom. The van der Waals surface area contributed by atoms with Gasteiger partial charge in [-0.05, 0) is 87.9 Å². The largest absolute Gasteiger partial charge is 0.352 e. The van der Waals surface area contributed by atoms with Crippen LogP contribution < -0.4 is 16.6 Å². The van der Waals surface area contributed by atoms with E-state index in [1.807, 2.05) is 11.8 Å². The summed E-state index contributed by atoms with van der Waals surface area (Å²) < 4.78 is 17.1. The quantitative estimate of drug-likeness (QED) is 0.656. The number of nitrogens with zero attached hydrogens (tertiary/aromatic N) is 4. The highest BCUT2D eigenvalue weighted by molar-refractivity contribution is 7.99. The molecule has 0 atom stereocenters. The fourth-order valence-corrected chi connectivity index (χ4v) is 7.06. The minimum Gasteiger partial charge on any atom is -0.352 e. The molecule has 3 fully saturated rings. The summed E-state index contributed by atoms with van der Waals surface area (Å²) in [6, 6.07) is 0.949. The molecule has 1 amide bonds. The normalized spacial score (nSPS) is 24.7. The van der Waals surface area contributed by atoms with Crippen LogP contribution in [0.3, 0.4) is 0 Å². The van der Waals surface area contributed by atoms with E-state index < -0.39 is 11.4 Å². The van der Waals surface area contributed by atoms with Crippen molar-refractivity contribution in [2.45, 2.75) is 76.4 Å². The topological polar surface area (TPSA) is 89.2 Å². The number of carbonyl (C=O) groups excluding carboxylic acids is 1. The molecule has 0 aromatic carbocycles. The fourth-order valence-electron chi connectivity index (χ4n) is 5.97. The van der Waals surface area contributed by atoms with Crippen LogP contribution in [-0.4, -0.2) is 62.1 Å². The van der Waals surface area contributed by atoms with Gasteiger partial charge in [0.1, 0.15) is 11.5 Å². The van der Waals surface area contributed by atoms with Gasteiger partial charge in [-0.15, -0.1) is 0 Å². The Bertz CT molecular complexity index is 1210. The highest BCUT2D eigenvalue weighted by atomic mass is 32.2. The molecule has 2 aromatic rings. The van der Waals surface area contributed by atoms with Gasteiger partial charge in [0, 0.05) is 18.1 Å². The number of amides is 1. The van der Waals surface area contributed by atoms with E-state index in [0.29, 0.717) is 32.2 Å². The van der Waals surface area contributed by atoms with E-state index in [4.69, 9.17) is 0 Å². The van der Waals surface area contributed by atoms with Gasteiger partial charge in [-0.3, -0.25) is 23.6 Å². The number of fused-ring (bicyclic) bond motifs is 1. The highest BCUT2D eigenvalue weighted by Gasteiger charge is 2.30. The van der Waals surface area contributed by atoms with Gasteiger partial charge in [-0.1, -0.05) is 6.92 Å². The number of carbonyl (C=O) groups is 1. The lowest BCUT2D eigenvalue weighted by atomic mass is 9.90. The predicted octanol–water partition coefficient (Wildman–Crippen LogP) is 3.10. The van der Waals surface area contributed by atoms with Gasteiger partial charge in [0.05, 0.1) is 18.1 Å². The first-order valence-corrected chi connectivity index (χ1v) is 14.5. The molecule has 0 unspecified atom stereocenters. The zero-order valence-corrected chi connectivity index (χ0v) is 21.8. The molecule has 2 aliphatic heterocycles. The van der Waals surface area contributed by atoms with Gasteiger partial charge in [-0.2, -0.15) is 11.8 Å². The van der Waals surface area contributed by atoms with E-state index in [1.165, 1.54) is 10.6 Å². The molecular formula is C26H36FN5O3S. The second-order valence-electron chi connectivity index (χ2n) is 10.7. The van der Waals surface area contributed by atoms with Crippen LogP contribution in [-0.2, 0) is 4.79 Å². The molecule has 36 heavy (non-hydrogen) atoms. The molecule has 3 aliphatic rings. The molecule has 0 spiro atoms. The molecule has 8 nitrogen and oxygen atoms in total. The first-order valence-electron chi connectivity index (χ1n) is 13.3. The van der Waals surface area contributed by atoms with Crippen LogP contribution in [0.25, 0.3) is 11.0 Å². The van der Waals surface area contributed by atoms with Crippen molar-refractivity contribution < 1.29 is 9.18 Å². The van der Waals surface area contributed by atoms with Crippen LogP contribution in [0.4, 0.5) is 4.39 Å². The summed E-state index contributed by atoms with van der Waals surface area (Å²) >= 11 is 1.86. The highest BCUT2D eigenvalue weighted by Crippen LogP contribution is 2.30. The average Bonchev–Trinajstić information content (AvgIpc) is 2.87. The van der Waals surface area contributed by atoms with Gasteiger partial charge in [0.15, 0.2) is 0 Å². The number of halogens is 1. The number of thioether (sulfide) groups is 1.